The van der Waals surface area contributed by atoms with Crippen LogP contribution in [-0.2, 0) is 9.59 Å². The van der Waals surface area contributed by atoms with Crippen LogP contribution in [0.25, 0.3) is 0 Å². The van der Waals surface area contributed by atoms with Crippen molar-refractivity contribution in [3.8, 4) is 0 Å². The number of anilines is 2. The Kier molecular flexibility index (Phi) is 5.03. The number of nitrogens with one attached hydrogen (secondary N) is 1. The zero-order chi connectivity index (χ0) is 17.8. The highest BCUT2D eigenvalue weighted by Crippen LogP contribution is 2.39. The van der Waals surface area contributed by atoms with Gasteiger partial charge in [-0.3, -0.25) is 4.79 Å². The van der Waals surface area contributed by atoms with Crippen molar-refractivity contribution in [2.24, 2.45) is 0 Å². The second-order valence-corrected chi connectivity index (χ2v) is 6.34. The molecule has 0 unspecified atom stereocenters. The van der Waals surface area contributed by atoms with Crippen molar-refractivity contribution in [3.05, 3.63) is 60.2 Å². The molecular weight excluding hydrogens is 316 g/mol. The summed E-state index contributed by atoms with van der Waals surface area (Å²) in [5, 5.41) is 14.2. The molecule has 5 nitrogen and oxygen atoms in total. The van der Waals surface area contributed by atoms with Gasteiger partial charge in [-0.25, -0.2) is 0 Å². The number of hydrogen-bond acceptors (Lipinski definition) is 4. The van der Waals surface area contributed by atoms with E-state index >= 15 is 0 Å². The van der Waals surface area contributed by atoms with Crippen LogP contribution in [-0.4, -0.2) is 17.9 Å². The molecule has 1 heterocycles. The summed E-state index contributed by atoms with van der Waals surface area (Å²) in [7, 11) is 0. The third-order valence-electron chi connectivity index (χ3n) is 4.52. The maximum absolute atomic E-state index is 12.6. The molecule has 1 aliphatic rings. The molecule has 1 amide bonds. The lowest BCUT2D eigenvalue weighted by Crippen LogP contribution is -2.44. The smallest absolute Gasteiger partial charge is 0.227 e. The number of hydrogen-bond donors (Lipinski definition) is 1. The van der Waals surface area contributed by atoms with Gasteiger partial charge in [0.1, 0.15) is 0 Å². The molecule has 0 aromatic heterocycles. The maximum atomic E-state index is 12.6. The van der Waals surface area contributed by atoms with Gasteiger partial charge in [-0.15, -0.1) is 0 Å². The maximum Gasteiger partial charge on any atom is 0.227 e. The molecule has 2 atom stereocenters. The number of aliphatic carboxylic acids is 1. The summed E-state index contributed by atoms with van der Waals surface area (Å²) in [4.78, 5) is 25.0. The number of benzene rings is 2. The number of para-hydroxylation sites is 2. The Bertz CT molecular complexity index is 761. The summed E-state index contributed by atoms with van der Waals surface area (Å²) in [6, 6.07) is 17.8. The molecule has 1 N–H and O–H groups in total. The molecule has 0 aliphatic carbocycles. The number of rotatable bonds is 5. The van der Waals surface area contributed by atoms with Crippen molar-refractivity contribution in [1.29, 1.82) is 0 Å². The Balaban J connectivity index is 1.87. The number of carbonyl (C=O) groups is 2. The number of carbonyl (C=O) groups excluding carboxylic acids is 2. The Labute approximate surface area is 147 Å². The van der Waals surface area contributed by atoms with Crippen LogP contribution in [0.15, 0.2) is 54.6 Å². The van der Waals surface area contributed by atoms with E-state index in [1.807, 2.05) is 61.5 Å². The van der Waals surface area contributed by atoms with E-state index in [-0.39, 0.29) is 30.8 Å². The minimum atomic E-state index is -1.20. The lowest BCUT2D eigenvalue weighted by atomic mass is 9.91. The van der Waals surface area contributed by atoms with Gasteiger partial charge in [-0.2, -0.15) is 0 Å². The molecule has 0 fully saturated rings. The van der Waals surface area contributed by atoms with E-state index in [1.54, 1.807) is 4.90 Å². The predicted molar refractivity (Wildman–Crippen MR) is 95.1 cm³/mol. The summed E-state index contributed by atoms with van der Waals surface area (Å²) in [5.74, 6) is -1.38. The van der Waals surface area contributed by atoms with E-state index in [9.17, 15) is 14.7 Å². The van der Waals surface area contributed by atoms with E-state index < -0.39 is 5.97 Å². The highest BCUT2D eigenvalue weighted by atomic mass is 16.4. The lowest BCUT2D eigenvalue weighted by molar-refractivity contribution is -0.305. The van der Waals surface area contributed by atoms with Crippen LogP contribution in [0.1, 0.15) is 37.8 Å². The number of nitrogens with zero attached hydrogens (tertiary/aromatic N) is 1. The Morgan fingerprint density at radius 2 is 1.76 bits per heavy atom. The van der Waals surface area contributed by atoms with Gasteiger partial charge in [0.15, 0.2) is 0 Å². The van der Waals surface area contributed by atoms with E-state index in [4.69, 9.17) is 0 Å². The van der Waals surface area contributed by atoms with Gasteiger partial charge in [-0.05, 0) is 43.5 Å². The Morgan fingerprint density at radius 3 is 2.48 bits per heavy atom. The molecule has 130 valence electrons. The summed E-state index contributed by atoms with van der Waals surface area (Å²) >= 11 is 0. The molecule has 0 saturated heterocycles. The van der Waals surface area contributed by atoms with Gasteiger partial charge in [0, 0.05) is 29.8 Å². The molecule has 0 spiro atoms. The van der Waals surface area contributed by atoms with Crippen LogP contribution in [0.3, 0.4) is 0 Å². The normalized spacial score (nSPS) is 19.2. The van der Waals surface area contributed by atoms with Crippen molar-refractivity contribution in [2.45, 2.75) is 38.3 Å². The van der Waals surface area contributed by atoms with Crippen LogP contribution in [0.2, 0.25) is 0 Å². The average Bonchev–Trinajstić information content (AvgIpc) is 2.61. The second-order valence-electron chi connectivity index (χ2n) is 6.34. The van der Waals surface area contributed by atoms with E-state index in [0.29, 0.717) is 0 Å². The van der Waals surface area contributed by atoms with Crippen molar-refractivity contribution < 1.29 is 14.7 Å². The van der Waals surface area contributed by atoms with Crippen molar-refractivity contribution in [3.63, 3.8) is 0 Å². The van der Waals surface area contributed by atoms with Crippen molar-refractivity contribution in [1.82, 2.24) is 0 Å². The first-order valence-electron chi connectivity index (χ1n) is 8.48. The van der Waals surface area contributed by atoms with Gasteiger partial charge in [0.2, 0.25) is 5.91 Å². The highest BCUT2D eigenvalue weighted by Gasteiger charge is 2.33. The molecule has 0 bridgehead atoms. The largest absolute Gasteiger partial charge is 0.550 e. The van der Waals surface area contributed by atoms with E-state index in [1.165, 1.54) is 0 Å². The van der Waals surface area contributed by atoms with Crippen LogP contribution in [0, 0.1) is 0 Å². The molecule has 0 saturated carbocycles. The van der Waals surface area contributed by atoms with Crippen molar-refractivity contribution >= 4 is 23.3 Å². The Hall–Kier alpha value is -2.82. The van der Waals surface area contributed by atoms with Crippen LogP contribution >= 0.6 is 0 Å². The SMILES string of the molecule is C[C@H]1C[C@H](Nc2ccccc2)c2ccccc2N1C(=O)CCC(=O)[O-]. The molecule has 5 heteroatoms. The predicted octanol–water partition coefficient (Wildman–Crippen LogP) is 2.50. The number of carboxylic acid groups (broad SMARTS) is 1. The molecule has 3 rings (SSSR count). The minimum absolute atomic E-state index is 0.0228. The van der Waals surface area contributed by atoms with Gasteiger partial charge >= 0.3 is 0 Å². The first-order valence-corrected chi connectivity index (χ1v) is 8.48. The first-order chi connectivity index (χ1) is 12.1. The third kappa shape index (κ3) is 3.82. The summed E-state index contributed by atoms with van der Waals surface area (Å²) in [5.41, 5.74) is 2.93. The number of fused-ring (bicyclic) bond motifs is 1. The standard InChI is InChI=1S/C20H22N2O3/c1-14-13-17(21-15-7-3-2-4-8-15)16-9-5-6-10-18(16)22(14)19(23)11-12-20(24)25/h2-10,14,17,21H,11-13H2,1H3,(H,24,25)/p-1/t14-,17-/m0/s1. The first kappa shape index (κ1) is 17.0. The van der Waals surface area contributed by atoms with Crippen molar-refractivity contribution in [2.75, 3.05) is 10.2 Å². The fourth-order valence-electron chi connectivity index (χ4n) is 3.39. The molecule has 1 aliphatic heterocycles. The van der Waals surface area contributed by atoms with E-state index in [0.717, 1.165) is 23.4 Å². The quantitative estimate of drug-likeness (QED) is 0.910. The average molecular weight is 337 g/mol. The zero-order valence-electron chi connectivity index (χ0n) is 14.1. The van der Waals surface area contributed by atoms with Crippen LogP contribution < -0.4 is 15.3 Å². The minimum Gasteiger partial charge on any atom is -0.550 e. The van der Waals surface area contributed by atoms with Gasteiger partial charge < -0.3 is 20.1 Å². The second kappa shape index (κ2) is 7.38. The monoisotopic (exact) mass is 337 g/mol. The van der Waals surface area contributed by atoms with Crippen LogP contribution in [0.4, 0.5) is 11.4 Å². The highest BCUT2D eigenvalue weighted by molar-refractivity contribution is 5.96. The molecule has 2 aromatic rings. The van der Waals surface area contributed by atoms with Gasteiger partial charge in [-0.1, -0.05) is 36.4 Å². The summed E-state index contributed by atoms with van der Waals surface area (Å²) in [6.45, 7) is 1.99. The summed E-state index contributed by atoms with van der Waals surface area (Å²) in [6.07, 6.45) is 0.455. The van der Waals surface area contributed by atoms with E-state index in [2.05, 4.69) is 5.32 Å². The third-order valence-corrected chi connectivity index (χ3v) is 4.52. The zero-order valence-corrected chi connectivity index (χ0v) is 14.1. The fraction of sp³-hybridized carbons (Fsp3) is 0.300. The molecule has 25 heavy (non-hydrogen) atoms. The molecule has 0 radical (unpaired) electrons. The Morgan fingerprint density at radius 1 is 1.08 bits per heavy atom. The van der Waals surface area contributed by atoms with Gasteiger partial charge in [0.05, 0.1) is 6.04 Å². The number of amides is 1. The summed E-state index contributed by atoms with van der Waals surface area (Å²) < 4.78 is 0. The van der Waals surface area contributed by atoms with Crippen LogP contribution in [0.5, 0.6) is 0 Å². The van der Waals surface area contributed by atoms with Gasteiger partial charge in [0.25, 0.3) is 0 Å². The fourth-order valence-corrected chi connectivity index (χ4v) is 3.39. The topological polar surface area (TPSA) is 72.5 Å². The molecule has 2 aromatic carbocycles. The number of carboxylic acids is 1. The lowest BCUT2D eigenvalue weighted by Gasteiger charge is -2.40. The molecular formula is C20H21N2O3-.